The van der Waals surface area contributed by atoms with Crippen LogP contribution < -0.4 is 19.7 Å². The molecular weight excluding hydrogens is 607 g/mol. The molecule has 0 amide bonds. The number of nitrogens with zero attached hydrogens (tertiary/aromatic N) is 6. The molecule has 0 saturated carbocycles. The lowest BCUT2D eigenvalue weighted by atomic mass is 10.0. The first kappa shape index (κ1) is 30.4. The van der Waals surface area contributed by atoms with Crippen molar-refractivity contribution in [2.24, 2.45) is 0 Å². The Bertz CT molecular complexity index is 1860. The smallest absolute Gasteiger partial charge is 0.416 e. The number of halogens is 3. The molecule has 2 aliphatic heterocycles. The minimum absolute atomic E-state index is 0.0746. The fraction of sp³-hybridized carbons (Fsp3) is 0.257. The summed E-state index contributed by atoms with van der Waals surface area (Å²) >= 11 is 0. The van der Waals surface area contributed by atoms with Crippen molar-refractivity contribution in [1.29, 1.82) is 0 Å². The van der Waals surface area contributed by atoms with E-state index in [0.717, 1.165) is 54.4 Å². The summed E-state index contributed by atoms with van der Waals surface area (Å²) in [5.41, 5.74) is 3.15. The normalized spacial score (nSPS) is 15.4. The van der Waals surface area contributed by atoms with Crippen LogP contribution >= 0.6 is 0 Å². The predicted molar refractivity (Wildman–Crippen MR) is 172 cm³/mol. The third-order valence-corrected chi connectivity index (χ3v) is 8.36. The first-order valence-corrected chi connectivity index (χ1v) is 15.4. The summed E-state index contributed by atoms with van der Waals surface area (Å²) in [4.78, 5) is 13.7. The van der Waals surface area contributed by atoms with Gasteiger partial charge >= 0.3 is 6.18 Å². The summed E-state index contributed by atoms with van der Waals surface area (Å²) in [6.45, 7) is 6.01. The number of hydrogen-bond donors (Lipinski definition) is 1. The summed E-state index contributed by atoms with van der Waals surface area (Å²) in [5.74, 6) is 2.55. The second-order valence-corrected chi connectivity index (χ2v) is 11.5. The van der Waals surface area contributed by atoms with Gasteiger partial charge in [0.25, 0.3) is 0 Å². The van der Waals surface area contributed by atoms with Gasteiger partial charge in [0.05, 0.1) is 17.3 Å². The quantitative estimate of drug-likeness (QED) is 0.196. The van der Waals surface area contributed by atoms with Gasteiger partial charge in [-0.1, -0.05) is 48.5 Å². The van der Waals surface area contributed by atoms with Gasteiger partial charge in [-0.25, -0.2) is 9.97 Å². The van der Waals surface area contributed by atoms with Crippen LogP contribution in [0.1, 0.15) is 29.7 Å². The number of aromatic nitrogens is 4. The van der Waals surface area contributed by atoms with Crippen LogP contribution in [0.3, 0.4) is 0 Å². The third-order valence-electron chi connectivity index (χ3n) is 8.36. The van der Waals surface area contributed by atoms with Gasteiger partial charge in [0.1, 0.15) is 5.69 Å². The molecule has 1 atom stereocenters. The van der Waals surface area contributed by atoms with Crippen molar-refractivity contribution in [2.75, 3.05) is 43.2 Å². The van der Waals surface area contributed by atoms with E-state index < -0.39 is 11.7 Å². The monoisotopic (exact) mass is 639 g/mol. The molecule has 5 aromatic rings. The van der Waals surface area contributed by atoms with E-state index in [0.29, 0.717) is 47.4 Å². The maximum atomic E-state index is 13.7. The predicted octanol–water partition coefficient (Wildman–Crippen LogP) is 6.84. The number of piperazine rings is 1. The third kappa shape index (κ3) is 6.82. The summed E-state index contributed by atoms with van der Waals surface area (Å²) in [6, 6.07) is 24.6. The van der Waals surface area contributed by atoms with Crippen molar-refractivity contribution in [3.05, 3.63) is 108 Å². The summed E-state index contributed by atoms with van der Waals surface area (Å²) in [6.07, 6.45) is -2.86. The van der Waals surface area contributed by atoms with Crippen LogP contribution in [0.4, 0.5) is 24.9 Å². The first-order valence-electron chi connectivity index (χ1n) is 15.4. The largest absolute Gasteiger partial charge is 0.454 e. The van der Waals surface area contributed by atoms with E-state index in [-0.39, 0.29) is 12.8 Å². The van der Waals surface area contributed by atoms with Crippen LogP contribution in [-0.4, -0.2) is 58.0 Å². The molecule has 1 N–H and O–H groups in total. The molecule has 0 radical (unpaired) electrons. The molecular formula is C35H32F3N7O2. The van der Waals surface area contributed by atoms with Crippen LogP contribution in [0.15, 0.2) is 91.1 Å². The SMILES string of the molecule is C[C@H](Nc1nccc(-c2cc(N3CCN(Cc4ccc5c(c4)OCO5)CC3)nnc2-c2cccc(C(F)(F)F)c2)n1)c1ccccc1. The van der Waals surface area contributed by atoms with Gasteiger partial charge in [0.15, 0.2) is 17.3 Å². The van der Waals surface area contributed by atoms with Crippen LogP contribution in [-0.2, 0) is 12.7 Å². The molecule has 1 saturated heterocycles. The summed E-state index contributed by atoms with van der Waals surface area (Å²) in [5, 5.41) is 12.3. The topological polar surface area (TPSA) is 88.5 Å². The Morgan fingerprint density at radius 1 is 0.851 bits per heavy atom. The zero-order chi connectivity index (χ0) is 32.4. The number of hydrogen-bond acceptors (Lipinski definition) is 9. The highest BCUT2D eigenvalue weighted by Gasteiger charge is 2.31. The van der Waals surface area contributed by atoms with Crippen molar-refractivity contribution >= 4 is 11.8 Å². The number of nitrogens with one attached hydrogen (secondary N) is 1. The molecule has 0 aliphatic carbocycles. The summed E-state index contributed by atoms with van der Waals surface area (Å²) in [7, 11) is 0. The Hall–Kier alpha value is -5.23. The van der Waals surface area contributed by atoms with E-state index in [1.54, 1.807) is 18.3 Å². The first-order chi connectivity index (χ1) is 22.8. The molecule has 0 unspecified atom stereocenters. The molecule has 0 bridgehead atoms. The van der Waals surface area contributed by atoms with Crippen LogP contribution in [0.25, 0.3) is 22.5 Å². The Labute approximate surface area is 270 Å². The van der Waals surface area contributed by atoms with Gasteiger partial charge in [0, 0.05) is 50.0 Å². The van der Waals surface area contributed by atoms with E-state index in [1.165, 1.54) is 6.07 Å². The molecule has 12 heteroatoms. The van der Waals surface area contributed by atoms with E-state index in [1.807, 2.05) is 55.5 Å². The van der Waals surface area contributed by atoms with Gasteiger partial charge in [-0.2, -0.15) is 13.2 Å². The minimum Gasteiger partial charge on any atom is -0.454 e. The van der Waals surface area contributed by atoms with Crippen molar-refractivity contribution in [3.63, 3.8) is 0 Å². The summed E-state index contributed by atoms with van der Waals surface area (Å²) < 4.78 is 52.0. The Morgan fingerprint density at radius 2 is 1.66 bits per heavy atom. The van der Waals surface area contributed by atoms with E-state index >= 15 is 0 Å². The zero-order valence-electron chi connectivity index (χ0n) is 25.6. The fourth-order valence-electron chi connectivity index (χ4n) is 5.82. The van der Waals surface area contributed by atoms with Gasteiger partial charge in [-0.05, 0) is 54.4 Å². The van der Waals surface area contributed by atoms with Crippen molar-refractivity contribution < 1.29 is 22.6 Å². The van der Waals surface area contributed by atoms with Crippen LogP contribution in [0, 0.1) is 0 Å². The maximum absolute atomic E-state index is 13.7. The molecule has 2 aliphatic rings. The van der Waals surface area contributed by atoms with Crippen molar-refractivity contribution in [2.45, 2.75) is 25.7 Å². The molecule has 4 heterocycles. The molecule has 9 nitrogen and oxygen atoms in total. The number of fused-ring (bicyclic) bond motifs is 1. The molecule has 47 heavy (non-hydrogen) atoms. The standard InChI is InChI=1S/C35H32F3N7O2/c1-23(25-6-3-2-4-7-25)40-34-39-13-12-29(41-34)28-20-32(42-43-33(28)26-8-5-9-27(19-26)35(36,37)38)45-16-14-44(15-17-45)21-24-10-11-30-31(18-24)47-22-46-30/h2-13,18-20,23H,14-17,21-22H2,1H3,(H,39,40,41)/t23-/m0/s1. The Balaban J connectivity index is 1.16. The molecule has 2 aromatic heterocycles. The van der Waals surface area contributed by atoms with Crippen molar-refractivity contribution in [1.82, 2.24) is 25.1 Å². The van der Waals surface area contributed by atoms with E-state index in [2.05, 4.69) is 36.4 Å². The van der Waals surface area contributed by atoms with Gasteiger partial charge in [-0.15, -0.1) is 10.2 Å². The number of rotatable bonds is 8. The number of alkyl halides is 3. The minimum atomic E-state index is -4.50. The number of anilines is 2. The highest BCUT2D eigenvalue weighted by molar-refractivity contribution is 5.81. The van der Waals surface area contributed by atoms with Gasteiger partial charge in [-0.3, -0.25) is 4.90 Å². The lowest BCUT2D eigenvalue weighted by Crippen LogP contribution is -2.46. The molecule has 240 valence electrons. The van der Waals surface area contributed by atoms with Crippen LogP contribution in [0.2, 0.25) is 0 Å². The fourth-order valence-corrected chi connectivity index (χ4v) is 5.82. The van der Waals surface area contributed by atoms with Gasteiger partial charge < -0.3 is 19.7 Å². The zero-order valence-corrected chi connectivity index (χ0v) is 25.6. The average Bonchev–Trinajstić information content (AvgIpc) is 3.57. The molecule has 1 fully saturated rings. The van der Waals surface area contributed by atoms with E-state index in [9.17, 15) is 13.2 Å². The maximum Gasteiger partial charge on any atom is 0.416 e. The second kappa shape index (κ2) is 12.9. The lowest BCUT2D eigenvalue weighted by Gasteiger charge is -2.35. The Kier molecular flexibility index (Phi) is 8.33. The van der Waals surface area contributed by atoms with Crippen LogP contribution in [0.5, 0.6) is 11.5 Å². The highest BCUT2D eigenvalue weighted by atomic mass is 19.4. The Morgan fingerprint density at radius 3 is 2.47 bits per heavy atom. The van der Waals surface area contributed by atoms with Crippen molar-refractivity contribution in [3.8, 4) is 34.0 Å². The van der Waals surface area contributed by atoms with Gasteiger partial charge in [0.2, 0.25) is 12.7 Å². The molecule has 3 aromatic carbocycles. The highest BCUT2D eigenvalue weighted by Crippen LogP contribution is 2.37. The number of benzene rings is 3. The van der Waals surface area contributed by atoms with E-state index in [4.69, 9.17) is 14.5 Å². The molecule has 7 rings (SSSR count). The average molecular weight is 640 g/mol. The second-order valence-electron chi connectivity index (χ2n) is 11.5. The molecule has 0 spiro atoms. The lowest BCUT2D eigenvalue weighted by molar-refractivity contribution is -0.137. The number of ether oxygens (including phenoxy) is 2.